The van der Waals surface area contributed by atoms with Gasteiger partial charge in [0.1, 0.15) is 4.70 Å². The van der Waals surface area contributed by atoms with Crippen molar-refractivity contribution in [2.45, 2.75) is 37.8 Å². The highest BCUT2D eigenvalue weighted by molar-refractivity contribution is 7.99. The summed E-state index contributed by atoms with van der Waals surface area (Å²) in [5, 5.41) is 1.48. The predicted octanol–water partition coefficient (Wildman–Crippen LogP) is 1.95. The maximum atomic E-state index is 12.2. The molecule has 0 amide bonds. The van der Waals surface area contributed by atoms with Crippen molar-refractivity contribution in [2.24, 2.45) is 0 Å². The molecule has 2 N–H and O–H groups in total. The SMILES string of the molecule is CCCCCSc1nc(=O)c2sc(CCN(C)C)nc2n1N. The molecule has 122 valence electrons. The van der Waals surface area contributed by atoms with Crippen molar-refractivity contribution >= 4 is 33.4 Å². The van der Waals surface area contributed by atoms with Gasteiger partial charge in [-0.15, -0.1) is 11.3 Å². The fourth-order valence-corrected chi connectivity index (χ4v) is 3.82. The van der Waals surface area contributed by atoms with Crippen molar-refractivity contribution in [3.05, 3.63) is 15.4 Å². The molecule has 22 heavy (non-hydrogen) atoms. The van der Waals surface area contributed by atoms with E-state index in [1.54, 1.807) is 0 Å². The van der Waals surface area contributed by atoms with Crippen LogP contribution in [0.3, 0.4) is 0 Å². The minimum atomic E-state index is -0.219. The van der Waals surface area contributed by atoms with Crippen molar-refractivity contribution in [3.63, 3.8) is 0 Å². The molecule has 2 heterocycles. The number of hydrogen-bond acceptors (Lipinski definition) is 7. The molecule has 0 aliphatic heterocycles. The van der Waals surface area contributed by atoms with Crippen LogP contribution in [0.2, 0.25) is 0 Å². The van der Waals surface area contributed by atoms with Gasteiger partial charge in [-0.05, 0) is 20.5 Å². The van der Waals surface area contributed by atoms with E-state index in [1.165, 1.54) is 40.6 Å². The first-order valence-corrected chi connectivity index (χ1v) is 9.28. The fraction of sp³-hybridized carbons (Fsp3) is 0.643. The van der Waals surface area contributed by atoms with Crippen LogP contribution in [-0.2, 0) is 6.42 Å². The number of thioether (sulfide) groups is 1. The Kier molecular flexibility index (Phi) is 6.22. The summed E-state index contributed by atoms with van der Waals surface area (Å²) in [4.78, 5) is 22.9. The molecule has 0 atom stereocenters. The van der Waals surface area contributed by atoms with E-state index < -0.39 is 0 Å². The Labute approximate surface area is 138 Å². The van der Waals surface area contributed by atoms with Crippen LogP contribution >= 0.6 is 23.1 Å². The molecule has 0 spiro atoms. The summed E-state index contributed by atoms with van der Waals surface area (Å²) >= 11 is 2.92. The molecule has 0 unspecified atom stereocenters. The van der Waals surface area contributed by atoms with Crippen molar-refractivity contribution in [1.82, 2.24) is 19.5 Å². The maximum Gasteiger partial charge on any atom is 0.293 e. The summed E-state index contributed by atoms with van der Waals surface area (Å²) in [7, 11) is 4.03. The minimum absolute atomic E-state index is 0.219. The van der Waals surface area contributed by atoms with Crippen molar-refractivity contribution in [1.29, 1.82) is 0 Å². The Balaban J connectivity index is 2.22. The average Bonchev–Trinajstić information content (AvgIpc) is 2.91. The van der Waals surface area contributed by atoms with Gasteiger partial charge in [0.15, 0.2) is 10.8 Å². The van der Waals surface area contributed by atoms with Crippen molar-refractivity contribution < 1.29 is 0 Å². The maximum absolute atomic E-state index is 12.2. The van der Waals surface area contributed by atoms with E-state index in [4.69, 9.17) is 5.84 Å². The first-order valence-electron chi connectivity index (χ1n) is 7.48. The molecule has 0 saturated carbocycles. The number of rotatable bonds is 8. The van der Waals surface area contributed by atoms with Gasteiger partial charge in [0.05, 0.1) is 5.01 Å². The van der Waals surface area contributed by atoms with Crippen LogP contribution in [0, 0.1) is 0 Å². The number of fused-ring (bicyclic) bond motifs is 1. The predicted molar refractivity (Wildman–Crippen MR) is 94.3 cm³/mol. The van der Waals surface area contributed by atoms with Gasteiger partial charge < -0.3 is 10.7 Å². The summed E-state index contributed by atoms with van der Waals surface area (Å²) in [5.41, 5.74) is 0.333. The number of nitrogens with zero attached hydrogens (tertiary/aromatic N) is 4. The van der Waals surface area contributed by atoms with Gasteiger partial charge in [-0.25, -0.2) is 9.66 Å². The van der Waals surface area contributed by atoms with Crippen LogP contribution in [0.25, 0.3) is 10.3 Å². The Bertz CT molecular complexity index is 680. The lowest BCUT2D eigenvalue weighted by Crippen LogP contribution is -2.21. The first-order chi connectivity index (χ1) is 10.5. The second kappa shape index (κ2) is 7.94. The lowest BCUT2D eigenvalue weighted by Gasteiger charge is -2.07. The van der Waals surface area contributed by atoms with E-state index in [9.17, 15) is 4.79 Å². The van der Waals surface area contributed by atoms with Gasteiger partial charge in [0.25, 0.3) is 5.56 Å². The van der Waals surface area contributed by atoms with Crippen LogP contribution in [0.5, 0.6) is 0 Å². The molecule has 8 heteroatoms. The van der Waals surface area contributed by atoms with Crippen molar-refractivity contribution in [3.8, 4) is 0 Å². The van der Waals surface area contributed by atoms with Gasteiger partial charge in [-0.1, -0.05) is 31.5 Å². The lowest BCUT2D eigenvalue weighted by atomic mass is 10.3. The summed E-state index contributed by atoms with van der Waals surface area (Å²) < 4.78 is 2.01. The second-order valence-electron chi connectivity index (χ2n) is 5.44. The Morgan fingerprint density at radius 2 is 2.09 bits per heavy atom. The number of likely N-dealkylation sites (N-methyl/N-ethyl adjacent to an activating group) is 1. The van der Waals surface area contributed by atoms with Gasteiger partial charge in [-0.3, -0.25) is 4.79 Å². The molecule has 0 fully saturated rings. The molecule has 0 saturated heterocycles. The van der Waals surface area contributed by atoms with Crippen LogP contribution in [0.4, 0.5) is 0 Å². The van der Waals surface area contributed by atoms with Gasteiger partial charge in [0, 0.05) is 18.7 Å². The summed E-state index contributed by atoms with van der Waals surface area (Å²) in [5.74, 6) is 7.02. The third-order valence-electron chi connectivity index (χ3n) is 3.23. The highest BCUT2D eigenvalue weighted by Gasteiger charge is 2.14. The molecule has 2 aromatic heterocycles. The Morgan fingerprint density at radius 3 is 2.77 bits per heavy atom. The van der Waals surface area contributed by atoms with E-state index >= 15 is 0 Å². The zero-order chi connectivity index (χ0) is 16.1. The molecular weight excluding hydrogens is 318 g/mol. The van der Waals surface area contributed by atoms with E-state index in [2.05, 4.69) is 21.8 Å². The highest BCUT2D eigenvalue weighted by atomic mass is 32.2. The Morgan fingerprint density at radius 1 is 1.32 bits per heavy atom. The summed E-state index contributed by atoms with van der Waals surface area (Å²) in [6.07, 6.45) is 4.25. The Hall–Kier alpha value is -1.12. The molecule has 0 bridgehead atoms. The number of nitrogens with two attached hydrogens (primary N) is 1. The zero-order valence-electron chi connectivity index (χ0n) is 13.3. The van der Waals surface area contributed by atoms with Gasteiger partial charge in [0.2, 0.25) is 0 Å². The molecule has 2 aromatic rings. The van der Waals surface area contributed by atoms with E-state index in [0.717, 1.165) is 30.1 Å². The summed E-state index contributed by atoms with van der Waals surface area (Å²) in [6.45, 7) is 3.06. The standard InChI is InChI=1S/C14H23N5OS2/c1-4-5-6-9-21-14-17-13(20)11-12(19(14)15)16-10(22-11)7-8-18(2)3/h4-9,15H2,1-3H3. The van der Waals surface area contributed by atoms with Crippen molar-refractivity contribution in [2.75, 3.05) is 32.2 Å². The largest absolute Gasteiger partial charge is 0.335 e. The third kappa shape index (κ3) is 4.21. The van der Waals surface area contributed by atoms with Crippen LogP contribution in [0.15, 0.2) is 9.95 Å². The van der Waals surface area contributed by atoms with E-state index in [0.29, 0.717) is 15.5 Å². The molecule has 6 nitrogen and oxygen atoms in total. The fourth-order valence-electron chi connectivity index (χ4n) is 1.98. The molecule has 0 aromatic carbocycles. The first kappa shape index (κ1) is 17.2. The number of thiazole rings is 1. The van der Waals surface area contributed by atoms with Gasteiger partial charge in [-0.2, -0.15) is 4.98 Å². The average molecular weight is 342 g/mol. The number of hydrogen-bond donors (Lipinski definition) is 1. The zero-order valence-corrected chi connectivity index (χ0v) is 15.0. The third-order valence-corrected chi connectivity index (χ3v) is 5.36. The van der Waals surface area contributed by atoms with E-state index in [-0.39, 0.29) is 5.56 Å². The second-order valence-corrected chi connectivity index (χ2v) is 7.58. The minimum Gasteiger partial charge on any atom is -0.335 e. The smallest absolute Gasteiger partial charge is 0.293 e. The normalized spacial score (nSPS) is 11.6. The monoisotopic (exact) mass is 341 g/mol. The molecule has 0 aliphatic carbocycles. The van der Waals surface area contributed by atoms with E-state index in [1.807, 2.05) is 14.1 Å². The van der Waals surface area contributed by atoms with Crippen LogP contribution in [-0.4, -0.2) is 45.9 Å². The molecular formula is C14H23N5OS2. The summed E-state index contributed by atoms with van der Waals surface area (Å²) in [6, 6.07) is 0. The van der Waals surface area contributed by atoms with Crippen LogP contribution < -0.4 is 11.4 Å². The quantitative estimate of drug-likeness (QED) is 0.342. The lowest BCUT2D eigenvalue weighted by molar-refractivity contribution is 0.413. The van der Waals surface area contributed by atoms with Gasteiger partial charge >= 0.3 is 0 Å². The highest BCUT2D eigenvalue weighted by Crippen LogP contribution is 2.22. The van der Waals surface area contributed by atoms with Crippen LogP contribution in [0.1, 0.15) is 31.2 Å². The molecule has 0 radical (unpaired) electrons. The number of aromatic nitrogens is 3. The molecule has 2 rings (SSSR count). The number of unbranched alkanes of at least 4 members (excludes halogenated alkanes) is 2. The topological polar surface area (TPSA) is 77.0 Å². The number of nitrogen functional groups attached to an aromatic ring is 1. The molecule has 0 aliphatic rings.